The number of hydrogen-bond donors (Lipinski definition) is 1. The molecule has 0 aromatic heterocycles. The van der Waals surface area contributed by atoms with Gasteiger partial charge >= 0.3 is 0 Å². The van der Waals surface area contributed by atoms with Crippen LogP contribution in [0.5, 0.6) is 0 Å². The minimum atomic E-state index is -4.92. The highest BCUT2D eigenvalue weighted by molar-refractivity contribution is 7.79. The first kappa shape index (κ1) is 34.7. The Hall–Kier alpha value is -1.48. The van der Waals surface area contributed by atoms with Gasteiger partial charge in [0.15, 0.2) is 0 Å². The zero-order valence-corrected chi connectivity index (χ0v) is 23.4. The molecule has 0 aliphatic heterocycles. The van der Waals surface area contributed by atoms with Gasteiger partial charge in [-0.05, 0) is 41.5 Å². The molecule has 1 N–H and O–H groups in total. The monoisotopic (exact) mass is 516 g/mol. The molecular formula is C26H45ClN2O4S. The van der Waals surface area contributed by atoms with E-state index in [0.717, 1.165) is 0 Å². The van der Waals surface area contributed by atoms with E-state index in [1.54, 1.807) is 0 Å². The molecule has 2 aromatic rings. The van der Waals surface area contributed by atoms with Gasteiger partial charge in [0.1, 0.15) is 13.1 Å². The third-order valence-electron chi connectivity index (χ3n) is 6.75. The number of rotatable bonds is 10. The van der Waals surface area contributed by atoms with Gasteiger partial charge < -0.3 is 25.9 Å². The molecule has 2 rings (SSSR count). The quantitative estimate of drug-likeness (QED) is 0.298. The van der Waals surface area contributed by atoms with Crippen molar-refractivity contribution in [1.82, 2.24) is 0 Å². The summed E-state index contributed by atoms with van der Waals surface area (Å²) in [4.78, 5) is 0. The van der Waals surface area contributed by atoms with Crippen molar-refractivity contribution in [1.29, 1.82) is 0 Å². The smallest absolute Gasteiger partial charge is 0.215 e. The predicted octanol–water partition coefficient (Wildman–Crippen LogP) is 2.13. The Morgan fingerprint density at radius 3 is 1.00 bits per heavy atom. The molecule has 0 bridgehead atoms. The lowest BCUT2D eigenvalue weighted by Crippen LogP contribution is -3.00. The molecular weight excluding hydrogens is 472 g/mol. The minimum absolute atomic E-state index is 0. The lowest BCUT2D eigenvalue weighted by atomic mass is 10.2. The van der Waals surface area contributed by atoms with Crippen molar-refractivity contribution in [3.05, 3.63) is 71.8 Å². The van der Waals surface area contributed by atoms with Crippen LogP contribution in [-0.2, 0) is 23.5 Å². The maximum atomic E-state index is 8.63. The molecule has 0 saturated carbocycles. The van der Waals surface area contributed by atoms with Gasteiger partial charge in [-0.25, -0.2) is 8.42 Å². The highest BCUT2D eigenvalue weighted by atomic mass is 35.5. The molecule has 0 unspecified atom stereocenters. The summed E-state index contributed by atoms with van der Waals surface area (Å²) in [5.74, 6) is 0. The second-order valence-corrected chi connectivity index (χ2v) is 9.15. The topological polar surface area (TPSA) is 77.4 Å². The van der Waals surface area contributed by atoms with Gasteiger partial charge in [0.2, 0.25) is 10.4 Å². The van der Waals surface area contributed by atoms with Crippen molar-refractivity contribution >= 4 is 10.4 Å². The maximum Gasteiger partial charge on any atom is 0.215 e. The highest BCUT2D eigenvalue weighted by Gasteiger charge is 2.21. The summed E-state index contributed by atoms with van der Waals surface area (Å²) in [6.07, 6.45) is 0. The van der Waals surface area contributed by atoms with Gasteiger partial charge in [0, 0.05) is 11.1 Å². The fourth-order valence-electron chi connectivity index (χ4n) is 3.95. The maximum absolute atomic E-state index is 8.63. The van der Waals surface area contributed by atoms with Crippen molar-refractivity contribution in [2.45, 2.75) is 54.6 Å². The van der Waals surface area contributed by atoms with Crippen molar-refractivity contribution in [3.8, 4) is 0 Å². The number of halogens is 1. The molecule has 2 aromatic carbocycles. The Labute approximate surface area is 214 Å². The van der Waals surface area contributed by atoms with Crippen molar-refractivity contribution in [2.75, 3.05) is 39.3 Å². The minimum Gasteiger partial charge on any atom is -1.00 e. The van der Waals surface area contributed by atoms with Crippen LogP contribution in [0.3, 0.4) is 0 Å². The van der Waals surface area contributed by atoms with E-state index in [9.17, 15) is 0 Å². The molecule has 34 heavy (non-hydrogen) atoms. The molecule has 0 radical (unpaired) electrons. The zero-order valence-electron chi connectivity index (χ0n) is 21.8. The largest absolute Gasteiger partial charge is 1.00 e. The Morgan fingerprint density at radius 2 is 0.824 bits per heavy atom. The SMILES string of the molecule is CC[N+](CC)(CC)Cc1ccccc1.CC[N+](CC)(CC)Cc1ccccc1.O=S(=O)([O-])O.[Cl-]. The molecule has 0 fully saturated rings. The van der Waals surface area contributed by atoms with Crippen LogP contribution in [0, 0.1) is 0 Å². The summed E-state index contributed by atoms with van der Waals surface area (Å²) in [6.45, 7) is 23.4. The van der Waals surface area contributed by atoms with Gasteiger partial charge in [-0.1, -0.05) is 60.7 Å². The summed E-state index contributed by atoms with van der Waals surface area (Å²) < 4.78 is 35.2. The van der Waals surface area contributed by atoms with E-state index in [-0.39, 0.29) is 12.4 Å². The Morgan fingerprint density at radius 1 is 0.618 bits per heavy atom. The first-order valence-electron chi connectivity index (χ1n) is 12.0. The first-order chi connectivity index (χ1) is 15.5. The summed E-state index contributed by atoms with van der Waals surface area (Å²) in [5, 5.41) is 0. The van der Waals surface area contributed by atoms with Crippen LogP contribution in [0.1, 0.15) is 52.7 Å². The molecule has 0 amide bonds. The Balaban J connectivity index is 0. The number of benzene rings is 2. The van der Waals surface area contributed by atoms with Crippen LogP contribution in [0.25, 0.3) is 0 Å². The average Bonchev–Trinajstić information content (AvgIpc) is 2.82. The Bertz CT molecular complexity index is 760. The number of nitrogens with zero attached hydrogens (tertiary/aromatic N) is 2. The van der Waals surface area contributed by atoms with Gasteiger partial charge in [0.05, 0.1) is 39.3 Å². The lowest BCUT2D eigenvalue weighted by Gasteiger charge is -2.35. The van der Waals surface area contributed by atoms with E-state index in [1.165, 1.54) is 72.5 Å². The van der Waals surface area contributed by atoms with Gasteiger partial charge in [-0.15, -0.1) is 0 Å². The Kier molecular flexibility index (Phi) is 18.2. The van der Waals surface area contributed by atoms with Crippen LogP contribution < -0.4 is 12.4 Å². The fourth-order valence-corrected chi connectivity index (χ4v) is 3.95. The summed E-state index contributed by atoms with van der Waals surface area (Å²) in [6, 6.07) is 21.6. The average molecular weight is 517 g/mol. The van der Waals surface area contributed by atoms with Gasteiger partial charge in [-0.2, -0.15) is 0 Å². The molecule has 0 spiro atoms. The molecule has 0 saturated heterocycles. The zero-order chi connectivity index (χ0) is 25.4. The molecule has 0 atom stereocenters. The number of quaternary nitrogens is 2. The number of hydrogen-bond acceptors (Lipinski definition) is 3. The second-order valence-electron chi connectivity index (χ2n) is 8.30. The summed E-state index contributed by atoms with van der Waals surface area (Å²) >= 11 is 0. The lowest BCUT2D eigenvalue weighted by molar-refractivity contribution is -0.936. The molecule has 0 aliphatic rings. The molecule has 0 heterocycles. The second kappa shape index (κ2) is 17.9. The van der Waals surface area contributed by atoms with Crippen LogP contribution in [0.2, 0.25) is 0 Å². The van der Waals surface area contributed by atoms with E-state index >= 15 is 0 Å². The first-order valence-corrected chi connectivity index (χ1v) is 13.3. The van der Waals surface area contributed by atoms with Crippen molar-refractivity contribution in [2.24, 2.45) is 0 Å². The predicted molar refractivity (Wildman–Crippen MR) is 136 cm³/mol. The summed E-state index contributed by atoms with van der Waals surface area (Å²) in [5.41, 5.74) is 2.91. The highest BCUT2D eigenvalue weighted by Crippen LogP contribution is 2.14. The van der Waals surface area contributed by atoms with Crippen molar-refractivity contribution < 1.29 is 38.9 Å². The van der Waals surface area contributed by atoms with E-state index in [4.69, 9.17) is 17.5 Å². The van der Waals surface area contributed by atoms with E-state index < -0.39 is 10.4 Å². The van der Waals surface area contributed by atoms with Crippen LogP contribution in [0.4, 0.5) is 0 Å². The summed E-state index contributed by atoms with van der Waals surface area (Å²) in [7, 11) is -4.92. The van der Waals surface area contributed by atoms with E-state index in [1.807, 2.05) is 0 Å². The van der Waals surface area contributed by atoms with Crippen LogP contribution in [-0.4, -0.2) is 65.8 Å². The van der Waals surface area contributed by atoms with Crippen LogP contribution in [0.15, 0.2) is 60.7 Å². The molecule has 8 heteroatoms. The standard InChI is InChI=1S/2C13H22N.ClH.H2O4S/c2*1-4-14(5-2,6-3)12-13-10-8-7-9-11-13;;1-5(2,3)4/h2*7-11H,4-6,12H2,1-3H3;1H;(H2,1,2,3,4)/q2*+1;;/p-2. The normalized spacial score (nSPS) is 11.3. The van der Waals surface area contributed by atoms with E-state index in [2.05, 4.69) is 102 Å². The van der Waals surface area contributed by atoms with Crippen LogP contribution >= 0.6 is 0 Å². The van der Waals surface area contributed by atoms with Gasteiger partial charge in [0.25, 0.3) is 0 Å². The fraction of sp³-hybridized carbons (Fsp3) is 0.538. The third-order valence-corrected chi connectivity index (χ3v) is 6.75. The molecule has 6 nitrogen and oxygen atoms in total. The third kappa shape index (κ3) is 14.7. The molecule has 0 aliphatic carbocycles. The van der Waals surface area contributed by atoms with E-state index in [0.29, 0.717) is 0 Å². The van der Waals surface area contributed by atoms with Crippen molar-refractivity contribution in [3.63, 3.8) is 0 Å². The molecule has 196 valence electrons. The van der Waals surface area contributed by atoms with Gasteiger partial charge in [-0.3, -0.25) is 4.55 Å².